The van der Waals surface area contributed by atoms with Crippen LogP contribution < -0.4 is 11.1 Å². The molecule has 0 saturated heterocycles. The van der Waals surface area contributed by atoms with E-state index in [1.54, 1.807) is 18.3 Å². The molecule has 0 unspecified atom stereocenters. The lowest BCUT2D eigenvalue weighted by atomic mass is 9.84. The van der Waals surface area contributed by atoms with Crippen LogP contribution in [0.25, 0.3) is 11.2 Å². The molecule has 2 aromatic heterocycles. The quantitative estimate of drug-likeness (QED) is 0.908. The first-order chi connectivity index (χ1) is 10.2. The Labute approximate surface area is 122 Å². The van der Waals surface area contributed by atoms with Gasteiger partial charge in [-0.15, -0.1) is 0 Å². The molecule has 1 amide bonds. The van der Waals surface area contributed by atoms with E-state index in [-0.39, 0.29) is 17.9 Å². The number of hydrogen-bond donors (Lipinski definition) is 1. The molecule has 21 heavy (non-hydrogen) atoms. The van der Waals surface area contributed by atoms with E-state index < -0.39 is 5.76 Å². The molecule has 0 aliphatic heterocycles. The van der Waals surface area contributed by atoms with Crippen molar-refractivity contribution < 1.29 is 9.21 Å². The van der Waals surface area contributed by atoms with Gasteiger partial charge in [0.2, 0.25) is 5.91 Å². The number of nitrogens with one attached hydrogen (secondary N) is 1. The normalized spacial score (nSPS) is 16.6. The molecular weight excluding hydrogens is 270 g/mol. The van der Waals surface area contributed by atoms with Crippen LogP contribution in [0, 0.1) is 5.92 Å². The second-order valence-electron chi connectivity index (χ2n) is 5.55. The molecule has 112 valence electrons. The van der Waals surface area contributed by atoms with Crippen LogP contribution in [0.2, 0.25) is 0 Å². The topological polar surface area (TPSA) is 77.1 Å². The highest BCUT2D eigenvalue weighted by atomic mass is 16.4. The smallest absolute Gasteiger partial charge is 0.406 e. The number of carbonyl (C=O) groups excluding carboxylic acids is 1. The number of rotatable bonds is 5. The van der Waals surface area contributed by atoms with Crippen molar-refractivity contribution in [1.82, 2.24) is 14.9 Å². The lowest BCUT2D eigenvalue weighted by Crippen LogP contribution is -2.43. The van der Waals surface area contributed by atoms with E-state index in [1.165, 1.54) is 4.57 Å². The Morgan fingerprint density at radius 2 is 2.38 bits per heavy atom. The third kappa shape index (κ3) is 2.70. The largest absolute Gasteiger partial charge is 0.421 e. The lowest BCUT2D eigenvalue weighted by Gasteiger charge is -2.27. The number of aromatic nitrogens is 2. The minimum Gasteiger partial charge on any atom is -0.406 e. The Kier molecular flexibility index (Phi) is 3.77. The van der Waals surface area contributed by atoms with Crippen LogP contribution in [0.15, 0.2) is 27.5 Å². The molecule has 1 saturated carbocycles. The van der Waals surface area contributed by atoms with E-state index in [0.717, 1.165) is 25.7 Å². The minimum absolute atomic E-state index is 0.0846. The Morgan fingerprint density at radius 1 is 1.57 bits per heavy atom. The lowest BCUT2D eigenvalue weighted by molar-refractivity contribution is -0.128. The third-order valence-electron chi connectivity index (χ3n) is 4.14. The SMILES string of the molecule is CC[C@H](Cn1c(=O)oc2cccnc21)NC(=O)C1CCC1. The number of oxazole rings is 1. The molecule has 2 heterocycles. The van der Waals surface area contributed by atoms with Crippen LogP contribution in [-0.4, -0.2) is 21.5 Å². The Hall–Kier alpha value is -2.11. The van der Waals surface area contributed by atoms with E-state index in [2.05, 4.69) is 10.3 Å². The van der Waals surface area contributed by atoms with Crippen LogP contribution in [0.3, 0.4) is 0 Å². The zero-order valence-electron chi connectivity index (χ0n) is 12.0. The summed E-state index contributed by atoms with van der Waals surface area (Å²) in [5.74, 6) is -0.183. The summed E-state index contributed by atoms with van der Waals surface area (Å²) in [6.45, 7) is 2.38. The summed E-state index contributed by atoms with van der Waals surface area (Å²) in [6, 6.07) is 3.36. The molecule has 2 aromatic rings. The van der Waals surface area contributed by atoms with Crippen molar-refractivity contribution in [3.8, 4) is 0 Å². The summed E-state index contributed by atoms with van der Waals surface area (Å²) in [6.07, 6.45) is 5.45. The maximum atomic E-state index is 12.0. The Bertz CT molecular complexity index is 699. The summed E-state index contributed by atoms with van der Waals surface area (Å²) in [5.41, 5.74) is 1.00. The highest BCUT2D eigenvalue weighted by Crippen LogP contribution is 2.26. The van der Waals surface area contributed by atoms with E-state index in [1.807, 2.05) is 6.92 Å². The molecule has 0 spiro atoms. The standard InChI is InChI=1S/C15H19N3O3/c1-2-11(17-14(19)10-5-3-6-10)9-18-13-12(21-15(18)20)7-4-8-16-13/h4,7-8,10-11H,2-3,5-6,9H2,1H3,(H,17,19)/t11-/m1/s1. The number of fused-ring (bicyclic) bond motifs is 1. The molecule has 6 nitrogen and oxygen atoms in total. The van der Waals surface area contributed by atoms with E-state index in [4.69, 9.17) is 4.42 Å². The van der Waals surface area contributed by atoms with Crippen molar-refractivity contribution in [2.45, 2.75) is 45.2 Å². The fourth-order valence-electron chi connectivity index (χ4n) is 2.55. The molecule has 1 aliphatic rings. The molecule has 1 atom stereocenters. The maximum Gasteiger partial charge on any atom is 0.421 e. The van der Waals surface area contributed by atoms with Crippen molar-refractivity contribution in [1.29, 1.82) is 0 Å². The van der Waals surface area contributed by atoms with Crippen molar-refractivity contribution in [3.05, 3.63) is 28.9 Å². The molecule has 6 heteroatoms. The average molecular weight is 289 g/mol. The van der Waals surface area contributed by atoms with Gasteiger partial charge in [-0.2, -0.15) is 0 Å². The van der Waals surface area contributed by atoms with Gasteiger partial charge >= 0.3 is 5.76 Å². The van der Waals surface area contributed by atoms with Crippen molar-refractivity contribution in [2.75, 3.05) is 0 Å². The van der Waals surface area contributed by atoms with Gasteiger partial charge in [-0.1, -0.05) is 13.3 Å². The second-order valence-corrected chi connectivity index (χ2v) is 5.55. The predicted molar refractivity (Wildman–Crippen MR) is 77.8 cm³/mol. The minimum atomic E-state index is -0.431. The zero-order chi connectivity index (χ0) is 14.8. The van der Waals surface area contributed by atoms with Gasteiger partial charge in [0.25, 0.3) is 0 Å². The van der Waals surface area contributed by atoms with Crippen LogP contribution >= 0.6 is 0 Å². The van der Waals surface area contributed by atoms with Gasteiger partial charge in [-0.3, -0.25) is 9.36 Å². The van der Waals surface area contributed by atoms with E-state index in [9.17, 15) is 9.59 Å². The molecule has 1 fully saturated rings. The number of hydrogen-bond acceptors (Lipinski definition) is 4. The van der Waals surface area contributed by atoms with Crippen LogP contribution in [-0.2, 0) is 11.3 Å². The van der Waals surface area contributed by atoms with Gasteiger partial charge < -0.3 is 9.73 Å². The Morgan fingerprint density at radius 3 is 3.05 bits per heavy atom. The predicted octanol–water partition coefficient (Wildman–Crippen LogP) is 1.68. The summed E-state index contributed by atoms with van der Waals surface area (Å²) in [7, 11) is 0. The fraction of sp³-hybridized carbons (Fsp3) is 0.533. The number of pyridine rings is 1. The summed E-state index contributed by atoms with van der Waals surface area (Å²) in [4.78, 5) is 28.1. The van der Waals surface area contributed by atoms with Crippen molar-refractivity contribution in [2.24, 2.45) is 5.92 Å². The molecular formula is C15H19N3O3. The van der Waals surface area contributed by atoms with Crippen LogP contribution in [0.4, 0.5) is 0 Å². The molecule has 0 bridgehead atoms. The average Bonchev–Trinajstić information content (AvgIpc) is 2.72. The second kappa shape index (κ2) is 5.71. The summed E-state index contributed by atoms with van der Waals surface area (Å²) < 4.78 is 6.65. The van der Waals surface area contributed by atoms with Gasteiger partial charge in [0, 0.05) is 18.2 Å². The van der Waals surface area contributed by atoms with E-state index in [0.29, 0.717) is 17.8 Å². The van der Waals surface area contributed by atoms with Gasteiger partial charge in [0.05, 0.1) is 6.54 Å². The molecule has 1 aliphatic carbocycles. The molecule has 0 aromatic carbocycles. The van der Waals surface area contributed by atoms with Gasteiger partial charge in [-0.05, 0) is 31.4 Å². The van der Waals surface area contributed by atoms with Gasteiger partial charge in [0.1, 0.15) is 0 Å². The zero-order valence-corrected chi connectivity index (χ0v) is 12.0. The first kappa shape index (κ1) is 13.9. The summed E-state index contributed by atoms with van der Waals surface area (Å²) >= 11 is 0. The van der Waals surface area contributed by atoms with Crippen LogP contribution in [0.5, 0.6) is 0 Å². The maximum absolute atomic E-state index is 12.0. The van der Waals surface area contributed by atoms with E-state index >= 15 is 0 Å². The summed E-state index contributed by atoms with van der Waals surface area (Å²) in [5, 5.41) is 3.03. The fourth-order valence-corrected chi connectivity index (χ4v) is 2.55. The molecule has 1 N–H and O–H groups in total. The Balaban J connectivity index is 1.77. The molecule has 0 radical (unpaired) electrons. The first-order valence-corrected chi connectivity index (χ1v) is 7.43. The van der Waals surface area contributed by atoms with Crippen molar-refractivity contribution in [3.63, 3.8) is 0 Å². The van der Waals surface area contributed by atoms with Gasteiger partial charge in [0.15, 0.2) is 11.2 Å². The van der Waals surface area contributed by atoms with Gasteiger partial charge in [-0.25, -0.2) is 9.78 Å². The number of carbonyl (C=O) groups is 1. The monoisotopic (exact) mass is 289 g/mol. The molecule has 3 rings (SSSR count). The van der Waals surface area contributed by atoms with Crippen molar-refractivity contribution >= 4 is 17.1 Å². The number of nitrogens with zero attached hydrogens (tertiary/aromatic N) is 2. The van der Waals surface area contributed by atoms with Crippen LogP contribution in [0.1, 0.15) is 32.6 Å². The highest BCUT2D eigenvalue weighted by Gasteiger charge is 2.27. The highest BCUT2D eigenvalue weighted by molar-refractivity contribution is 5.79. The first-order valence-electron chi connectivity index (χ1n) is 7.43. The number of amides is 1. The third-order valence-corrected chi connectivity index (χ3v) is 4.14.